The van der Waals surface area contributed by atoms with Crippen LogP contribution in [0.25, 0.3) is 11.1 Å². The maximum atomic E-state index is 14.1. The zero-order chi connectivity index (χ0) is 24.1. The molecule has 2 aromatic carbocycles. The van der Waals surface area contributed by atoms with Gasteiger partial charge in [0.15, 0.2) is 6.10 Å². The van der Waals surface area contributed by atoms with Gasteiger partial charge in [0.05, 0.1) is 6.54 Å². The number of hydrogen-bond donors (Lipinski definition) is 3. The number of carboxylic acids is 1. The van der Waals surface area contributed by atoms with Crippen LogP contribution in [0.3, 0.4) is 0 Å². The molecule has 8 nitrogen and oxygen atoms in total. The first-order chi connectivity index (χ1) is 14.9. The summed E-state index contributed by atoms with van der Waals surface area (Å²) < 4.78 is 19.1. The number of esters is 1. The molecule has 172 valence electrons. The molecular formula is C22H24ClFN2O6. The van der Waals surface area contributed by atoms with Gasteiger partial charge in [0, 0.05) is 17.1 Å². The van der Waals surface area contributed by atoms with E-state index in [1.54, 1.807) is 45.0 Å². The summed E-state index contributed by atoms with van der Waals surface area (Å²) >= 11 is 5.93. The summed E-state index contributed by atoms with van der Waals surface area (Å²) in [5, 5.41) is 20.1. The van der Waals surface area contributed by atoms with Crippen LogP contribution in [0.1, 0.15) is 26.3 Å². The van der Waals surface area contributed by atoms with E-state index in [0.717, 1.165) is 5.01 Å². The standard InChI is InChI=1S/C22H24ClFN2O6/c1-22(2,3)32-21(31)19(28)25-26(12-18(27)20(29)30)11-13-4-6-14(7-5-13)16-10-15(23)8-9-17(16)24/h4-10,18,27H,11-12H2,1-3H3,(H,25,28)(H,29,30)/t18-/m1/s1. The molecule has 0 heterocycles. The lowest BCUT2D eigenvalue weighted by Gasteiger charge is -2.25. The van der Waals surface area contributed by atoms with E-state index in [4.69, 9.17) is 21.4 Å². The number of aliphatic hydroxyl groups is 1. The Balaban J connectivity index is 2.18. The Hall–Kier alpha value is -3.01. The quantitative estimate of drug-likeness (QED) is 0.326. The first-order valence-corrected chi connectivity index (χ1v) is 9.97. The number of halogens is 2. The summed E-state index contributed by atoms with van der Waals surface area (Å²) in [6.07, 6.45) is -1.81. The van der Waals surface area contributed by atoms with Gasteiger partial charge in [-0.2, -0.15) is 0 Å². The molecular weight excluding hydrogens is 443 g/mol. The van der Waals surface area contributed by atoms with Crippen molar-refractivity contribution in [1.29, 1.82) is 0 Å². The Morgan fingerprint density at radius 1 is 1.16 bits per heavy atom. The first kappa shape index (κ1) is 25.3. The Morgan fingerprint density at radius 3 is 2.34 bits per heavy atom. The summed E-state index contributed by atoms with van der Waals surface area (Å²) in [5.41, 5.74) is 2.82. The van der Waals surface area contributed by atoms with Gasteiger partial charge in [0.25, 0.3) is 0 Å². The van der Waals surface area contributed by atoms with Crippen LogP contribution in [0.2, 0.25) is 5.02 Å². The Morgan fingerprint density at radius 2 is 1.78 bits per heavy atom. The van der Waals surface area contributed by atoms with Crippen LogP contribution >= 0.6 is 11.6 Å². The molecule has 1 atom stereocenters. The maximum absolute atomic E-state index is 14.1. The Kier molecular flexibility index (Phi) is 8.31. The molecule has 32 heavy (non-hydrogen) atoms. The molecule has 0 spiro atoms. The summed E-state index contributed by atoms with van der Waals surface area (Å²) in [5.74, 6) is -4.21. The Labute approximate surface area is 189 Å². The zero-order valence-corrected chi connectivity index (χ0v) is 18.5. The second-order valence-electron chi connectivity index (χ2n) is 8.00. The van der Waals surface area contributed by atoms with Crippen LogP contribution in [0.4, 0.5) is 4.39 Å². The number of carbonyl (C=O) groups excluding carboxylic acids is 2. The molecule has 2 rings (SSSR count). The maximum Gasteiger partial charge on any atom is 0.398 e. The normalized spacial score (nSPS) is 12.3. The predicted octanol–water partition coefficient (Wildman–Crippen LogP) is 2.77. The number of carbonyl (C=O) groups is 3. The third-order valence-electron chi connectivity index (χ3n) is 4.09. The third kappa shape index (κ3) is 7.60. The largest absolute Gasteiger partial charge is 0.479 e. The molecule has 0 unspecified atom stereocenters. The molecule has 0 aromatic heterocycles. The highest BCUT2D eigenvalue weighted by atomic mass is 35.5. The van der Waals surface area contributed by atoms with E-state index in [-0.39, 0.29) is 6.54 Å². The van der Waals surface area contributed by atoms with Gasteiger partial charge in [-0.1, -0.05) is 35.9 Å². The summed E-state index contributed by atoms with van der Waals surface area (Å²) in [7, 11) is 0. The van der Waals surface area contributed by atoms with Crippen molar-refractivity contribution in [3.8, 4) is 11.1 Å². The number of nitrogens with zero attached hydrogens (tertiary/aromatic N) is 1. The molecule has 0 saturated carbocycles. The topological polar surface area (TPSA) is 116 Å². The average molecular weight is 467 g/mol. The second kappa shape index (κ2) is 10.5. The van der Waals surface area contributed by atoms with Gasteiger partial charge in [-0.25, -0.2) is 19.0 Å². The summed E-state index contributed by atoms with van der Waals surface area (Å²) in [6.45, 7) is 4.24. The highest BCUT2D eigenvalue weighted by Crippen LogP contribution is 2.26. The third-order valence-corrected chi connectivity index (χ3v) is 4.32. The highest BCUT2D eigenvalue weighted by Gasteiger charge is 2.26. The number of nitrogens with one attached hydrogen (secondary N) is 1. The summed E-state index contributed by atoms with van der Waals surface area (Å²) in [4.78, 5) is 35.1. The fourth-order valence-electron chi connectivity index (χ4n) is 2.68. The minimum atomic E-state index is -1.81. The number of hydrogen-bond acceptors (Lipinski definition) is 6. The van der Waals surface area contributed by atoms with E-state index < -0.39 is 41.9 Å². The smallest absolute Gasteiger partial charge is 0.398 e. The van der Waals surface area contributed by atoms with Crippen molar-refractivity contribution in [2.24, 2.45) is 0 Å². The van der Waals surface area contributed by atoms with Gasteiger partial charge in [-0.15, -0.1) is 0 Å². The lowest BCUT2D eigenvalue weighted by atomic mass is 10.0. The van der Waals surface area contributed by atoms with E-state index in [1.807, 2.05) is 0 Å². The fraction of sp³-hybridized carbons (Fsp3) is 0.318. The van der Waals surface area contributed by atoms with Crippen molar-refractivity contribution in [2.45, 2.75) is 39.0 Å². The lowest BCUT2D eigenvalue weighted by Crippen LogP contribution is -2.50. The average Bonchev–Trinajstić information content (AvgIpc) is 2.69. The van der Waals surface area contributed by atoms with Gasteiger partial charge >= 0.3 is 17.8 Å². The molecule has 1 amide bonds. The van der Waals surface area contributed by atoms with Crippen molar-refractivity contribution in [2.75, 3.05) is 6.54 Å². The predicted molar refractivity (Wildman–Crippen MR) is 115 cm³/mol. The SMILES string of the molecule is CC(C)(C)OC(=O)C(=O)NN(Cc1ccc(-c2cc(Cl)ccc2F)cc1)C[C@@H](O)C(=O)O. The number of rotatable bonds is 7. The van der Waals surface area contributed by atoms with Gasteiger partial charge in [-0.3, -0.25) is 10.2 Å². The molecule has 0 bridgehead atoms. The Bertz CT molecular complexity index is 991. The molecule has 2 aromatic rings. The molecule has 0 radical (unpaired) electrons. The number of aliphatic hydroxyl groups excluding tert-OH is 1. The molecule has 0 saturated heterocycles. The fourth-order valence-corrected chi connectivity index (χ4v) is 2.85. The van der Waals surface area contributed by atoms with Crippen LogP contribution in [0.15, 0.2) is 42.5 Å². The van der Waals surface area contributed by atoms with E-state index >= 15 is 0 Å². The van der Waals surface area contributed by atoms with Crippen LogP contribution in [0, 0.1) is 5.82 Å². The van der Waals surface area contributed by atoms with Crippen molar-refractivity contribution in [3.05, 3.63) is 58.9 Å². The number of ether oxygens (including phenoxy) is 1. The lowest BCUT2D eigenvalue weighted by molar-refractivity contribution is -0.166. The summed E-state index contributed by atoms with van der Waals surface area (Å²) in [6, 6.07) is 10.7. The van der Waals surface area contributed by atoms with Gasteiger partial charge in [0.1, 0.15) is 11.4 Å². The van der Waals surface area contributed by atoms with Crippen molar-refractivity contribution in [1.82, 2.24) is 10.4 Å². The minimum Gasteiger partial charge on any atom is -0.479 e. The monoisotopic (exact) mass is 466 g/mol. The van der Waals surface area contributed by atoms with Crippen molar-refractivity contribution in [3.63, 3.8) is 0 Å². The van der Waals surface area contributed by atoms with Gasteiger partial charge in [-0.05, 0) is 50.1 Å². The van der Waals surface area contributed by atoms with E-state index in [9.17, 15) is 23.9 Å². The second-order valence-corrected chi connectivity index (χ2v) is 8.43. The molecule has 0 aliphatic heterocycles. The first-order valence-electron chi connectivity index (χ1n) is 9.60. The van der Waals surface area contributed by atoms with Crippen LogP contribution in [-0.4, -0.2) is 51.3 Å². The van der Waals surface area contributed by atoms with E-state index in [1.165, 1.54) is 18.2 Å². The van der Waals surface area contributed by atoms with Crippen LogP contribution in [0.5, 0.6) is 0 Å². The van der Waals surface area contributed by atoms with Crippen molar-refractivity contribution >= 4 is 29.4 Å². The van der Waals surface area contributed by atoms with Gasteiger partial charge in [0.2, 0.25) is 0 Å². The van der Waals surface area contributed by atoms with Crippen LogP contribution < -0.4 is 5.43 Å². The van der Waals surface area contributed by atoms with Crippen molar-refractivity contribution < 1.29 is 33.7 Å². The molecule has 3 N–H and O–H groups in total. The highest BCUT2D eigenvalue weighted by molar-refractivity contribution is 6.32. The van der Waals surface area contributed by atoms with Crippen LogP contribution in [-0.2, 0) is 25.7 Å². The number of amides is 1. The van der Waals surface area contributed by atoms with E-state index in [0.29, 0.717) is 21.7 Å². The number of aliphatic carboxylic acids is 1. The molecule has 10 heteroatoms. The molecule has 0 aliphatic carbocycles. The number of hydrazine groups is 1. The zero-order valence-electron chi connectivity index (χ0n) is 17.8. The van der Waals surface area contributed by atoms with Gasteiger partial charge < -0.3 is 14.9 Å². The molecule has 0 fully saturated rings. The number of benzene rings is 2. The number of carboxylic acid groups (broad SMARTS) is 1. The van der Waals surface area contributed by atoms with E-state index in [2.05, 4.69) is 5.43 Å². The minimum absolute atomic E-state index is 0.0445. The molecule has 0 aliphatic rings.